The molecule has 1 aromatic heterocycles. The van der Waals surface area contributed by atoms with Gasteiger partial charge in [-0.2, -0.15) is 0 Å². The second-order valence-electron chi connectivity index (χ2n) is 8.74. The van der Waals surface area contributed by atoms with Crippen molar-refractivity contribution >= 4 is 39.6 Å². The number of rotatable bonds is 10. The second-order valence-corrected chi connectivity index (χ2v) is 10.4. The molecule has 36 heavy (non-hydrogen) atoms. The summed E-state index contributed by atoms with van der Waals surface area (Å²) in [6.07, 6.45) is 3.19. The standard InChI is InChI=1S/C18H23ClN4S.C8H18N2O2/c1-10-11(2)24-18-16(10)17(13-5-7-14(19)8-6-13)22-9-15(20)23(18)12(3)21-4;1-8(11)9-6-4-3-5-7-10-12-2/h5-8,12,15,21H,9,20H2,1-4H3;10H,3-7H2,1-2H3,(H,9,11). The molecule has 0 saturated carbocycles. The van der Waals surface area contributed by atoms with Gasteiger partial charge in [0.05, 0.1) is 31.7 Å². The Kier molecular flexibility index (Phi) is 12.8. The number of aliphatic imine (C=N–C) groups is 1. The average molecular weight is 537 g/mol. The normalized spacial score (nSPS) is 15.8. The zero-order valence-corrected chi connectivity index (χ0v) is 23.9. The Morgan fingerprint density at radius 3 is 2.53 bits per heavy atom. The summed E-state index contributed by atoms with van der Waals surface area (Å²) in [6, 6.07) is 7.87. The lowest BCUT2D eigenvalue weighted by Gasteiger charge is -2.34. The Balaban J connectivity index is 0.000000324. The molecule has 1 aliphatic rings. The molecule has 0 fully saturated rings. The zero-order valence-electron chi connectivity index (χ0n) is 22.3. The van der Waals surface area contributed by atoms with Crippen molar-refractivity contribution in [1.82, 2.24) is 16.1 Å². The average Bonchev–Trinajstić information content (AvgIpc) is 3.04. The van der Waals surface area contributed by atoms with E-state index in [1.165, 1.54) is 27.9 Å². The van der Waals surface area contributed by atoms with E-state index in [0.717, 1.165) is 48.6 Å². The predicted molar refractivity (Wildman–Crippen MR) is 152 cm³/mol. The summed E-state index contributed by atoms with van der Waals surface area (Å²) in [5, 5.41) is 7.97. The van der Waals surface area contributed by atoms with Gasteiger partial charge in [-0.15, -0.1) is 11.3 Å². The molecular formula is C26H41ClN6O2S. The molecule has 8 nitrogen and oxygen atoms in total. The molecule has 3 rings (SSSR count). The van der Waals surface area contributed by atoms with Crippen LogP contribution in [0.3, 0.4) is 0 Å². The molecule has 2 aromatic rings. The van der Waals surface area contributed by atoms with E-state index < -0.39 is 0 Å². The number of thiophene rings is 1. The molecule has 1 aliphatic heterocycles. The number of anilines is 1. The van der Waals surface area contributed by atoms with Crippen LogP contribution in [-0.2, 0) is 9.63 Å². The number of aryl methyl sites for hydroxylation is 1. The highest BCUT2D eigenvalue weighted by molar-refractivity contribution is 7.16. The van der Waals surface area contributed by atoms with E-state index in [1.54, 1.807) is 18.4 Å². The number of carbonyl (C=O) groups excluding carboxylic acids is 1. The Bertz CT molecular complexity index is 995. The van der Waals surface area contributed by atoms with Crippen molar-refractivity contribution in [3.8, 4) is 0 Å². The van der Waals surface area contributed by atoms with Gasteiger partial charge in [0.25, 0.3) is 0 Å². The van der Waals surface area contributed by atoms with Gasteiger partial charge in [-0.25, -0.2) is 5.48 Å². The fourth-order valence-electron chi connectivity index (χ4n) is 3.88. The molecule has 2 unspecified atom stereocenters. The van der Waals surface area contributed by atoms with E-state index in [4.69, 9.17) is 22.3 Å². The number of unbranched alkanes of at least 4 members (excludes halogenated alkanes) is 2. The van der Waals surface area contributed by atoms with Crippen LogP contribution in [0.5, 0.6) is 0 Å². The first-order valence-electron chi connectivity index (χ1n) is 12.3. The number of hydrogen-bond acceptors (Lipinski definition) is 8. The number of hydroxylamine groups is 1. The van der Waals surface area contributed by atoms with E-state index in [1.807, 2.05) is 31.3 Å². The first-order chi connectivity index (χ1) is 17.2. The lowest BCUT2D eigenvalue weighted by atomic mass is 10.00. The minimum atomic E-state index is -0.159. The van der Waals surface area contributed by atoms with Crippen LogP contribution < -0.4 is 26.7 Å². The van der Waals surface area contributed by atoms with Gasteiger partial charge >= 0.3 is 0 Å². The number of nitrogens with two attached hydrogens (primary N) is 1. The van der Waals surface area contributed by atoms with Crippen LogP contribution in [0.4, 0.5) is 5.00 Å². The molecule has 2 atom stereocenters. The van der Waals surface area contributed by atoms with Gasteiger partial charge in [-0.1, -0.05) is 30.2 Å². The minimum absolute atomic E-state index is 0.0463. The third-order valence-corrected chi connectivity index (χ3v) is 7.53. The molecule has 0 radical (unpaired) electrons. The van der Waals surface area contributed by atoms with Crippen LogP contribution in [0.15, 0.2) is 29.3 Å². The minimum Gasteiger partial charge on any atom is -0.356 e. The maximum atomic E-state index is 10.4. The van der Waals surface area contributed by atoms with Crippen molar-refractivity contribution in [2.24, 2.45) is 10.7 Å². The number of nitrogens with one attached hydrogen (secondary N) is 3. The van der Waals surface area contributed by atoms with Gasteiger partial charge in [0.1, 0.15) is 5.00 Å². The summed E-state index contributed by atoms with van der Waals surface area (Å²) in [5.74, 6) is 0.0463. The number of benzene rings is 1. The summed E-state index contributed by atoms with van der Waals surface area (Å²) in [4.78, 5) is 23.5. The van der Waals surface area contributed by atoms with Crippen LogP contribution in [-0.4, -0.2) is 57.7 Å². The number of halogens is 1. The smallest absolute Gasteiger partial charge is 0.216 e. The predicted octanol–water partition coefficient (Wildman–Crippen LogP) is 3.97. The molecule has 0 spiro atoms. The van der Waals surface area contributed by atoms with Crippen LogP contribution >= 0.6 is 22.9 Å². The second kappa shape index (κ2) is 15.3. The van der Waals surface area contributed by atoms with Crippen LogP contribution in [0.1, 0.15) is 54.7 Å². The van der Waals surface area contributed by atoms with Crippen molar-refractivity contribution in [3.05, 3.63) is 50.9 Å². The van der Waals surface area contributed by atoms with Crippen molar-refractivity contribution in [3.63, 3.8) is 0 Å². The number of hydrogen-bond donors (Lipinski definition) is 4. The van der Waals surface area contributed by atoms with Crippen molar-refractivity contribution in [2.75, 3.05) is 38.7 Å². The van der Waals surface area contributed by atoms with E-state index in [9.17, 15) is 4.79 Å². The maximum absolute atomic E-state index is 10.4. The topological polar surface area (TPSA) is 104 Å². The fraction of sp³-hybridized carbons (Fsp3) is 0.538. The van der Waals surface area contributed by atoms with Crippen LogP contribution in [0, 0.1) is 13.8 Å². The summed E-state index contributed by atoms with van der Waals surface area (Å²) in [5.41, 5.74) is 13.8. The Labute approximate surface area is 224 Å². The highest BCUT2D eigenvalue weighted by Gasteiger charge is 2.31. The van der Waals surface area contributed by atoms with Crippen molar-refractivity contribution in [1.29, 1.82) is 0 Å². The monoisotopic (exact) mass is 536 g/mol. The number of fused-ring (bicyclic) bond motifs is 1. The van der Waals surface area contributed by atoms with Gasteiger partial charge in [0.2, 0.25) is 5.91 Å². The summed E-state index contributed by atoms with van der Waals surface area (Å²) < 4.78 is 0. The quantitative estimate of drug-likeness (QED) is 0.270. The van der Waals surface area contributed by atoms with Gasteiger partial charge in [-0.3, -0.25) is 9.79 Å². The summed E-state index contributed by atoms with van der Waals surface area (Å²) in [6.45, 7) is 10.2. The number of nitrogens with zero attached hydrogens (tertiary/aromatic N) is 2. The van der Waals surface area contributed by atoms with E-state index in [2.05, 4.69) is 46.6 Å². The lowest BCUT2D eigenvalue weighted by molar-refractivity contribution is -0.118. The third-order valence-electron chi connectivity index (χ3n) is 6.06. The molecule has 5 N–H and O–H groups in total. The first-order valence-corrected chi connectivity index (χ1v) is 13.5. The number of carbonyl (C=O) groups is 1. The molecule has 10 heteroatoms. The maximum Gasteiger partial charge on any atom is 0.216 e. The molecular weight excluding hydrogens is 496 g/mol. The van der Waals surface area contributed by atoms with E-state index in [0.29, 0.717) is 6.54 Å². The van der Waals surface area contributed by atoms with Crippen molar-refractivity contribution < 1.29 is 9.63 Å². The number of amides is 1. The summed E-state index contributed by atoms with van der Waals surface area (Å²) >= 11 is 7.84. The molecule has 1 aromatic carbocycles. The van der Waals surface area contributed by atoms with Crippen LogP contribution in [0.25, 0.3) is 0 Å². The largest absolute Gasteiger partial charge is 0.356 e. The van der Waals surface area contributed by atoms with Gasteiger partial charge in [0, 0.05) is 41.0 Å². The molecule has 2 heterocycles. The Hall–Kier alpha value is -2.01. The van der Waals surface area contributed by atoms with Gasteiger partial charge in [-0.05, 0) is 58.4 Å². The molecule has 0 saturated heterocycles. The molecule has 0 bridgehead atoms. The molecule has 1 amide bonds. The Morgan fingerprint density at radius 1 is 1.25 bits per heavy atom. The fourth-order valence-corrected chi connectivity index (χ4v) is 5.31. The highest BCUT2D eigenvalue weighted by Crippen LogP contribution is 2.39. The molecule has 0 aliphatic carbocycles. The third kappa shape index (κ3) is 8.54. The zero-order chi connectivity index (χ0) is 26.7. The van der Waals surface area contributed by atoms with E-state index in [-0.39, 0.29) is 18.2 Å². The molecule has 200 valence electrons. The Morgan fingerprint density at radius 2 is 1.92 bits per heavy atom. The summed E-state index contributed by atoms with van der Waals surface area (Å²) in [7, 11) is 3.56. The van der Waals surface area contributed by atoms with Gasteiger partial charge in [0.15, 0.2) is 0 Å². The van der Waals surface area contributed by atoms with E-state index >= 15 is 0 Å². The van der Waals surface area contributed by atoms with Crippen LogP contribution in [0.2, 0.25) is 5.02 Å². The highest BCUT2D eigenvalue weighted by atomic mass is 35.5. The van der Waals surface area contributed by atoms with Gasteiger partial charge < -0.3 is 26.1 Å². The SMILES string of the molecule is CNC(C)N1c2sc(C)c(C)c2C(c2ccc(Cl)cc2)=NCC1N.CONCCCCCNC(C)=O. The first kappa shape index (κ1) is 30.2. The van der Waals surface area contributed by atoms with Crippen molar-refractivity contribution in [2.45, 2.75) is 59.3 Å². The lowest BCUT2D eigenvalue weighted by Crippen LogP contribution is -2.53.